The molecule has 0 aliphatic rings. The Kier molecular flexibility index (Phi) is 4.12. The third-order valence-corrected chi connectivity index (χ3v) is 2.48. The summed E-state index contributed by atoms with van der Waals surface area (Å²) in [6.07, 6.45) is 2.31. The van der Waals surface area contributed by atoms with Crippen LogP contribution in [0.25, 0.3) is 11.5 Å². The maximum atomic E-state index is 5.64. The van der Waals surface area contributed by atoms with E-state index in [9.17, 15) is 0 Å². The molecule has 0 amide bonds. The molecule has 2 aromatic rings. The first-order valence-electron chi connectivity index (χ1n) is 5.96. The van der Waals surface area contributed by atoms with Gasteiger partial charge in [0.1, 0.15) is 12.4 Å². The summed E-state index contributed by atoms with van der Waals surface area (Å²) in [5.74, 6) is 1.46. The predicted octanol–water partition coefficient (Wildman–Crippen LogP) is 3.21. The molecule has 1 heterocycles. The van der Waals surface area contributed by atoms with Gasteiger partial charge in [0.05, 0.1) is 5.69 Å². The van der Waals surface area contributed by atoms with Crippen LogP contribution in [-0.2, 0) is 11.3 Å². The summed E-state index contributed by atoms with van der Waals surface area (Å²) in [6, 6.07) is 9.85. The fourth-order valence-corrected chi connectivity index (χ4v) is 1.57. The Balaban J connectivity index is 2.12. The maximum Gasteiger partial charge on any atom is 0.226 e. The number of nitrogens with zero attached hydrogens (tertiary/aromatic N) is 2. The zero-order chi connectivity index (χ0) is 12.8. The van der Waals surface area contributed by atoms with Gasteiger partial charge in [0.25, 0.3) is 0 Å². The Morgan fingerprint density at radius 3 is 2.83 bits per heavy atom. The lowest BCUT2D eigenvalue weighted by molar-refractivity contribution is 0.160. The summed E-state index contributed by atoms with van der Waals surface area (Å²) in [4.78, 5) is 9.36. The summed E-state index contributed by atoms with van der Waals surface area (Å²) in [6.45, 7) is 4.37. The van der Waals surface area contributed by atoms with E-state index in [1.165, 1.54) is 0 Å². The molecule has 0 spiro atoms. The van der Waals surface area contributed by atoms with Crippen LogP contribution in [0.2, 0.25) is 0 Å². The molecule has 0 aliphatic carbocycles. The van der Waals surface area contributed by atoms with Crippen LogP contribution in [0.4, 0.5) is 0 Å². The van der Waals surface area contributed by atoms with Crippen LogP contribution < -0.4 is 0 Å². The Hall–Kier alpha value is -2.10. The third-order valence-electron chi connectivity index (χ3n) is 2.48. The summed E-state index contributed by atoms with van der Waals surface area (Å²) in [5.41, 5.74) is 1.87. The first kappa shape index (κ1) is 12.4. The zero-order valence-corrected chi connectivity index (χ0v) is 10.6. The van der Waals surface area contributed by atoms with E-state index in [0.29, 0.717) is 18.9 Å². The van der Waals surface area contributed by atoms with Crippen molar-refractivity contribution in [3.63, 3.8) is 0 Å². The van der Waals surface area contributed by atoms with Crippen molar-refractivity contribution >= 4 is 6.21 Å². The van der Waals surface area contributed by atoms with Gasteiger partial charge in [-0.25, -0.2) is 4.98 Å². The highest BCUT2D eigenvalue weighted by Crippen LogP contribution is 2.21. The second-order valence-electron chi connectivity index (χ2n) is 3.80. The summed E-state index contributed by atoms with van der Waals surface area (Å²) >= 11 is 0. The number of hydrogen-bond acceptors (Lipinski definition) is 4. The molecule has 4 heteroatoms. The Bertz CT molecular complexity index is 518. The standard InChI is InChI=1S/C14H16N2O2/c1-3-17-15-10-9-13-11(2)18-14(16-13)12-7-5-4-6-8-12/h4-8,10H,3,9H2,1-2H3. The molecule has 0 bridgehead atoms. The molecule has 1 aromatic carbocycles. The largest absolute Gasteiger partial charge is 0.441 e. The fourth-order valence-electron chi connectivity index (χ4n) is 1.57. The second kappa shape index (κ2) is 6.00. The van der Waals surface area contributed by atoms with E-state index < -0.39 is 0 Å². The van der Waals surface area contributed by atoms with Gasteiger partial charge in [-0.1, -0.05) is 23.4 Å². The van der Waals surface area contributed by atoms with E-state index >= 15 is 0 Å². The van der Waals surface area contributed by atoms with Crippen molar-refractivity contribution in [3.05, 3.63) is 41.8 Å². The third kappa shape index (κ3) is 2.97. The smallest absolute Gasteiger partial charge is 0.226 e. The van der Waals surface area contributed by atoms with Gasteiger partial charge in [0.15, 0.2) is 0 Å². The van der Waals surface area contributed by atoms with Gasteiger partial charge in [-0.2, -0.15) is 0 Å². The van der Waals surface area contributed by atoms with Gasteiger partial charge >= 0.3 is 0 Å². The van der Waals surface area contributed by atoms with Crippen molar-refractivity contribution in [2.24, 2.45) is 5.16 Å². The number of benzene rings is 1. The molecular formula is C14H16N2O2. The van der Waals surface area contributed by atoms with E-state index in [0.717, 1.165) is 17.0 Å². The normalized spacial score (nSPS) is 11.0. The van der Waals surface area contributed by atoms with Crippen molar-refractivity contribution in [2.75, 3.05) is 6.61 Å². The van der Waals surface area contributed by atoms with Crippen LogP contribution in [0, 0.1) is 6.92 Å². The molecule has 0 aliphatic heterocycles. The average molecular weight is 244 g/mol. The van der Waals surface area contributed by atoms with Crippen LogP contribution in [0.3, 0.4) is 0 Å². The minimum atomic E-state index is 0.573. The highest BCUT2D eigenvalue weighted by atomic mass is 16.6. The Labute approximate surface area is 106 Å². The molecule has 4 nitrogen and oxygen atoms in total. The highest BCUT2D eigenvalue weighted by molar-refractivity contribution is 5.61. The van der Waals surface area contributed by atoms with Crippen molar-refractivity contribution in [1.29, 1.82) is 0 Å². The van der Waals surface area contributed by atoms with E-state index in [1.54, 1.807) is 6.21 Å². The summed E-state index contributed by atoms with van der Waals surface area (Å²) < 4.78 is 5.64. The van der Waals surface area contributed by atoms with Crippen LogP contribution in [0.1, 0.15) is 18.4 Å². The first-order valence-corrected chi connectivity index (χ1v) is 5.96. The molecule has 0 saturated carbocycles. The Morgan fingerprint density at radius 2 is 2.11 bits per heavy atom. The lowest BCUT2D eigenvalue weighted by Gasteiger charge is -1.92. The van der Waals surface area contributed by atoms with Crippen LogP contribution >= 0.6 is 0 Å². The van der Waals surface area contributed by atoms with Gasteiger partial charge in [-0.15, -0.1) is 0 Å². The number of rotatable bonds is 5. The number of oxime groups is 1. The topological polar surface area (TPSA) is 47.6 Å². The van der Waals surface area contributed by atoms with Crippen molar-refractivity contribution in [1.82, 2.24) is 4.98 Å². The van der Waals surface area contributed by atoms with Gasteiger partial charge in [-0.05, 0) is 26.0 Å². The summed E-state index contributed by atoms with van der Waals surface area (Å²) in [5, 5.41) is 3.80. The van der Waals surface area contributed by atoms with Crippen molar-refractivity contribution in [2.45, 2.75) is 20.3 Å². The molecule has 94 valence electrons. The molecule has 18 heavy (non-hydrogen) atoms. The second-order valence-corrected chi connectivity index (χ2v) is 3.80. The van der Waals surface area contributed by atoms with Crippen molar-refractivity contribution in [3.8, 4) is 11.5 Å². The minimum Gasteiger partial charge on any atom is -0.441 e. The SMILES string of the molecule is CCON=CCc1nc(-c2ccccc2)oc1C. The highest BCUT2D eigenvalue weighted by Gasteiger charge is 2.09. The quantitative estimate of drug-likeness (QED) is 0.599. The van der Waals surface area contributed by atoms with E-state index in [-0.39, 0.29) is 0 Å². The first-order chi connectivity index (χ1) is 8.81. The summed E-state index contributed by atoms with van der Waals surface area (Å²) in [7, 11) is 0. The fraction of sp³-hybridized carbons (Fsp3) is 0.286. The Morgan fingerprint density at radius 1 is 1.33 bits per heavy atom. The molecule has 0 N–H and O–H groups in total. The van der Waals surface area contributed by atoms with E-state index in [4.69, 9.17) is 9.25 Å². The average Bonchev–Trinajstić information content (AvgIpc) is 2.77. The molecule has 0 radical (unpaired) electrons. The van der Waals surface area contributed by atoms with Crippen LogP contribution in [-0.4, -0.2) is 17.8 Å². The predicted molar refractivity (Wildman–Crippen MR) is 70.5 cm³/mol. The number of hydrogen-bond donors (Lipinski definition) is 0. The van der Waals surface area contributed by atoms with Crippen LogP contribution in [0.15, 0.2) is 39.9 Å². The van der Waals surface area contributed by atoms with Gasteiger partial charge < -0.3 is 9.25 Å². The minimum absolute atomic E-state index is 0.573. The molecule has 0 unspecified atom stereocenters. The molecule has 1 aromatic heterocycles. The number of aryl methyl sites for hydroxylation is 1. The zero-order valence-electron chi connectivity index (χ0n) is 10.6. The van der Waals surface area contributed by atoms with E-state index in [2.05, 4.69) is 10.1 Å². The molecule has 0 atom stereocenters. The van der Waals surface area contributed by atoms with Crippen molar-refractivity contribution < 1.29 is 9.25 Å². The molecular weight excluding hydrogens is 228 g/mol. The molecule has 2 rings (SSSR count). The number of aromatic nitrogens is 1. The lowest BCUT2D eigenvalue weighted by atomic mass is 10.2. The number of oxazole rings is 1. The molecule has 0 saturated heterocycles. The monoisotopic (exact) mass is 244 g/mol. The van der Waals surface area contributed by atoms with Gasteiger partial charge in [0, 0.05) is 18.2 Å². The van der Waals surface area contributed by atoms with E-state index in [1.807, 2.05) is 44.2 Å². The van der Waals surface area contributed by atoms with Crippen LogP contribution in [0.5, 0.6) is 0 Å². The van der Waals surface area contributed by atoms with Gasteiger partial charge in [0.2, 0.25) is 5.89 Å². The molecule has 0 fully saturated rings. The lowest BCUT2D eigenvalue weighted by Crippen LogP contribution is -1.90. The maximum absolute atomic E-state index is 5.64. The van der Waals surface area contributed by atoms with Gasteiger partial charge in [-0.3, -0.25) is 0 Å².